The Bertz CT molecular complexity index is 836. The summed E-state index contributed by atoms with van der Waals surface area (Å²) in [5, 5.41) is 14.3. The van der Waals surface area contributed by atoms with E-state index >= 15 is 0 Å². The molecule has 0 aromatic heterocycles. The molecule has 0 spiro atoms. The number of carbonyl (C=O) groups is 2. The Balaban J connectivity index is 2.06. The molecule has 0 fully saturated rings. The van der Waals surface area contributed by atoms with Gasteiger partial charge in [-0.05, 0) is 31.0 Å². The van der Waals surface area contributed by atoms with E-state index in [4.69, 9.17) is 9.84 Å². The van der Waals surface area contributed by atoms with Crippen LogP contribution in [0.25, 0.3) is 0 Å². The molecule has 2 amide bonds. The van der Waals surface area contributed by atoms with Gasteiger partial charge in [0.2, 0.25) is 0 Å². The van der Waals surface area contributed by atoms with Crippen LogP contribution in [0.15, 0.2) is 42.5 Å². The van der Waals surface area contributed by atoms with Gasteiger partial charge in [0.15, 0.2) is 0 Å². The van der Waals surface area contributed by atoms with E-state index in [-0.39, 0.29) is 30.4 Å². The third-order valence-corrected chi connectivity index (χ3v) is 4.74. The van der Waals surface area contributed by atoms with E-state index in [1.165, 1.54) is 0 Å². The van der Waals surface area contributed by atoms with Crippen molar-refractivity contribution in [2.75, 3.05) is 20.2 Å². The van der Waals surface area contributed by atoms with Crippen LogP contribution in [0.3, 0.4) is 0 Å². The van der Waals surface area contributed by atoms with Crippen molar-refractivity contribution in [2.24, 2.45) is 0 Å². The van der Waals surface area contributed by atoms with E-state index in [0.29, 0.717) is 29.8 Å². The van der Waals surface area contributed by atoms with Crippen LogP contribution in [0.4, 0.5) is 0 Å². The van der Waals surface area contributed by atoms with Crippen LogP contribution in [-0.4, -0.2) is 43.2 Å². The normalized spacial score (nSPS) is 17.7. The van der Waals surface area contributed by atoms with E-state index in [2.05, 4.69) is 10.6 Å². The lowest BCUT2D eigenvalue weighted by molar-refractivity contribution is 0.0951. The van der Waals surface area contributed by atoms with Crippen molar-refractivity contribution < 1.29 is 19.4 Å². The smallest absolute Gasteiger partial charge is 0.254 e. The summed E-state index contributed by atoms with van der Waals surface area (Å²) in [6, 6.07) is 13.3. The van der Waals surface area contributed by atoms with Crippen LogP contribution in [0.2, 0.25) is 0 Å². The lowest BCUT2D eigenvalue weighted by Crippen LogP contribution is -2.26. The fourth-order valence-electron chi connectivity index (χ4n) is 3.45. The monoisotopic (exact) mass is 368 g/mol. The number of amides is 2. The maximum atomic E-state index is 12.5. The minimum atomic E-state index is -0.294. The van der Waals surface area contributed by atoms with E-state index in [0.717, 1.165) is 11.1 Å². The fraction of sp³-hybridized carbons (Fsp3) is 0.333. The van der Waals surface area contributed by atoms with Gasteiger partial charge in [-0.2, -0.15) is 0 Å². The summed E-state index contributed by atoms with van der Waals surface area (Å²) in [4.78, 5) is 24.9. The number of aliphatic hydroxyl groups is 1. The summed E-state index contributed by atoms with van der Waals surface area (Å²) in [6.07, 6.45) is 0.324. The highest BCUT2D eigenvalue weighted by Gasteiger charge is 2.36. The SMILES string of the molecule is CNC(=O)c1cc(C(=O)NCCCO)cc2c1OC(C)C2c1ccccc1. The molecule has 1 aliphatic heterocycles. The number of carbonyl (C=O) groups excluding carboxylic acids is 2. The van der Waals surface area contributed by atoms with Crippen LogP contribution in [0.1, 0.15) is 51.1 Å². The quantitative estimate of drug-likeness (QED) is 0.681. The molecule has 3 N–H and O–H groups in total. The first kappa shape index (κ1) is 18.9. The average molecular weight is 368 g/mol. The number of hydrogen-bond donors (Lipinski definition) is 3. The Kier molecular flexibility index (Phi) is 5.76. The van der Waals surface area contributed by atoms with Crippen LogP contribution < -0.4 is 15.4 Å². The van der Waals surface area contributed by atoms with E-state index in [9.17, 15) is 9.59 Å². The minimum absolute atomic E-state index is 0.00932. The van der Waals surface area contributed by atoms with E-state index in [1.54, 1.807) is 19.2 Å². The maximum absolute atomic E-state index is 12.5. The molecular weight excluding hydrogens is 344 g/mol. The molecule has 3 rings (SSSR count). The maximum Gasteiger partial charge on any atom is 0.254 e. The van der Waals surface area contributed by atoms with Crippen LogP contribution in [0.5, 0.6) is 5.75 Å². The first-order valence-corrected chi connectivity index (χ1v) is 9.07. The minimum Gasteiger partial charge on any atom is -0.489 e. The summed E-state index contributed by atoms with van der Waals surface area (Å²) in [7, 11) is 1.55. The molecule has 6 nitrogen and oxygen atoms in total. The third-order valence-electron chi connectivity index (χ3n) is 4.74. The van der Waals surface area contributed by atoms with Gasteiger partial charge < -0.3 is 20.5 Å². The molecule has 2 unspecified atom stereocenters. The molecule has 0 saturated heterocycles. The zero-order valence-electron chi connectivity index (χ0n) is 15.5. The van der Waals surface area contributed by atoms with Gasteiger partial charge in [-0.3, -0.25) is 9.59 Å². The van der Waals surface area contributed by atoms with Crippen molar-refractivity contribution in [2.45, 2.75) is 25.4 Å². The number of nitrogens with one attached hydrogen (secondary N) is 2. The highest BCUT2D eigenvalue weighted by atomic mass is 16.5. The Hall–Kier alpha value is -2.86. The molecule has 2 aromatic carbocycles. The Morgan fingerprint density at radius 1 is 1.15 bits per heavy atom. The highest BCUT2D eigenvalue weighted by molar-refractivity contribution is 6.02. The molecule has 0 saturated carbocycles. The van der Waals surface area contributed by atoms with Gasteiger partial charge in [0.05, 0.1) is 5.56 Å². The number of aliphatic hydroxyl groups excluding tert-OH is 1. The Morgan fingerprint density at radius 3 is 2.56 bits per heavy atom. The van der Waals surface area contributed by atoms with Gasteiger partial charge in [-0.25, -0.2) is 0 Å². The Morgan fingerprint density at radius 2 is 1.89 bits per heavy atom. The summed E-state index contributed by atoms with van der Waals surface area (Å²) in [5.74, 6) is -0.0997. The number of ether oxygens (including phenoxy) is 1. The highest BCUT2D eigenvalue weighted by Crippen LogP contribution is 2.44. The first-order valence-electron chi connectivity index (χ1n) is 9.07. The van der Waals surface area contributed by atoms with Gasteiger partial charge in [0.25, 0.3) is 11.8 Å². The van der Waals surface area contributed by atoms with Crippen molar-refractivity contribution in [1.82, 2.24) is 10.6 Å². The zero-order chi connectivity index (χ0) is 19.4. The lowest BCUT2D eigenvalue weighted by Gasteiger charge is -2.15. The van der Waals surface area contributed by atoms with Gasteiger partial charge in [0, 0.05) is 37.2 Å². The van der Waals surface area contributed by atoms with Gasteiger partial charge in [-0.15, -0.1) is 0 Å². The molecule has 2 aromatic rings. The zero-order valence-corrected chi connectivity index (χ0v) is 15.5. The predicted octanol–water partition coefficient (Wildman–Crippen LogP) is 2.07. The van der Waals surface area contributed by atoms with Crippen molar-refractivity contribution >= 4 is 11.8 Å². The van der Waals surface area contributed by atoms with Crippen molar-refractivity contribution in [3.8, 4) is 5.75 Å². The second-order valence-electron chi connectivity index (χ2n) is 6.57. The number of hydrogen-bond acceptors (Lipinski definition) is 4. The molecule has 0 radical (unpaired) electrons. The molecular formula is C21H24N2O4. The fourth-order valence-corrected chi connectivity index (χ4v) is 3.45. The van der Waals surface area contributed by atoms with Gasteiger partial charge in [0.1, 0.15) is 11.9 Å². The van der Waals surface area contributed by atoms with Crippen LogP contribution >= 0.6 is 0 Å². The summed E-state index contributed by atoms with van der Waals surface area (Å²) in [6.45, 7) is 2.35. The number of rotatable bonds is 6. The standard InChI is InChI=1S/C21H24N2O4/c1-13-18(14-7-4-3-5-8-14)16-11-15(20(25)23-9-6-10-24)12-17(19(16)27-13)21(26)22-2/h3-5,7-8,11-13,18,24H,6,9-10H2,1-2H3,(H,22,26)(H,23,25). The van der Waals surface area contributed by atoms with Crippen LogP contribution in [-0.2, 0) is 0 Å². The molecule has 27 heavy (non-hydrogen) atoms. The van der Waals surface area contributed by atoms with E-state index in [1.807, 2.05) is 37.3 Å². The Labute approximate surface area is 158 Å². The van der Waals surface area contributed by atoms with Crippen LogP contribution in [0, 0.1) is 0 Å². The summed E-state index contributed by atoms with van der Waals surface area (Å²) < 4.78 is 6.04. The number of fused-ring (bicyclic) bond motifs is 1. The molecule has 2 atom stereocenters. The molecule has 0 bridgehead atoms. The second kappa shape index (κ2) is 8.22. The molecule has 1 aliphatic rings. The molecule has 142 valence electrons. The van der Waals surface area contributed by atoms with E-state index < -0.39 is 0 Å². The number of benzene rings is 2. The predicted molar refractivity (Wildman–Crippen MR) is 102 cm³/mol. The average Bonchev–Trinajstić information content (AvgIpc) is 3.03. The second-order valence-corrected chi connectivity index (χ2v) is 6.57. The van der Waals surface area contributed by atoms with Crippen molar-refractivity contribution in [1.29, 1.82) is 0 Å². The summed E-state index contributed by atoms with van der Waals surface area (Å²) in [5.41, 5.74) is 2.67. The third kappa shape index (κ3) is 3.80. The largest absolute Gasteiger partial charge is 0.489 e. The van der Waals surface area contributed by atoms with Gasteiger partial charge >= 0.3 is 0 Å². The molecule has 1 heterocycles. The lowest BCUT2D eigenvalue weighted by atomic mass is 9.87. The molecule has 6 heteroatoms. The van der Waals surface area contributed by atoms with Crippen molar-refractivity contribution in [3.05, 3.63) is 64.7 Å². The molecule has 0 aliphatic carbocycles. The first-order chi connectivity index (χ1) is 13.1. The van der Waals surface area contributed by atoms with Gasteiger partial charge in [-0.1, -0.05) is 30.3 Å². The van der Waals surface area contributed by atoms with Crippen molar-refractivity contribution in [3.63, 3.8) is 0 Å². The summed E-state index contributed by atoms with van der Waals surface area (Å²) >= 11 is 0. The topological polar surface area (TPSA) is 87.7 Å².